The molecule has 2 N–H and O–H groups in total. The molecule has 88 valence electrons. The number of hydrogen-bond donors (Lipinski definition) is 1. The van der Waals surface area contributed by atoms with E-state index in [1.807, 2.05) is 0 Å². The first-order valence-electron chi connectivity index (χ1n) is 5.05. The molecule has 1 aromatic rings. The summed E-state index contributed by atoms with van der Waals surface area (Å²) in [7, 11) is 0. The van der Waals surface area contributed by atoms with Gasteiger partial charge in [0.15, 0.2) is 0 Å². The maximum Gasteiger partial charge on any atom is 0.254 e. The van der Waals surface area contributed by atoms with Crippen molar-refractivity contribution in [2.75, 3.05) is 18.8 Å². The maximum absolute atomic E-state index is 13.1. The van der Waals surface area contributed by atoms with Crippen LogP contribution in [0.15, 0.2) is 12.1 Å². The molecule has 1 amide bonds. The zero-order valence-corrected chi connectivity index (χ0v) is 9.26. The van der Waals surface area contributed by atoms with Crippen LogP contribution in [-0.2, 0) is 0 Å². The smallest absolute Gasteiger partial charge is 0.254 e. The fourth-order valence-electron chi connectivity index (χ4n) is 1.40. The molecule has 0 fully saturated rings. The van der Waals surface area contributed by atoms with Gasteiger partial charge in [0, 0.05) is 18.7 Å². The Bertz CT molecular complexity index is 380. The number of carbonyl (C=O) groups excluding carboxylic acids is 1. The highest BCUT2D eigenvalue weighted by atomic mass is 19.1. The van der Waals surface area contributed by atoms with Gasteiger partial charge < -0.3 is 10.6 Å². The molecule has 0 unspecified atom stereocenters. The first-order valence-corrected chi connectivity index (χ1v) is 5.05. The highest BCUT2D eigenvalue weighted by Gasteiger charge is 2.16. The monoisotopic (exact) mass is 228 g/mol. The molecule has 0 atom stereocenters. The molecule has 16 heavy (non-hydrogen) atoms. The van der Waals surface area contributed by atoms with Crippen LogP contribution in [-0.4, -0.2) is 23.9 Å². The number of nitrogen functional groups attached to an aromatic ring is 1. The second kappa shape index (κ2) is 4.92. The van der Waals surface area contributed by atoms with E-state index in [2.05, 4.69) is 0 Å². The molecule has 0 aromatic heterocycles. The molecular weight excluding hydrogens is 214 g/mol. The molecule has 0 saturated carbocycles. The third kappa shape index (κ3) is 2.29. The molecule has 0 heterocycles. The van der Waals surface area contributed by atoms with Crippen molar-refractivity contribution in [1.82, 2.24) is 4.90 Å². The molecule has 0 saturated heterocycles. The Balaban J connectivity index is 3.10. The van der Waals surface area contributed by atoms with E-state index >= 15 is 0 Å². The third-order valence-corrected chi connectivity index (χ3v) is 2.38. The van der Waals surface area contributed by atoms with Crippen molar-refractivity contribution in [2.24, 2.45) is 0 Å². The number of carbonyl (C=O) groups is 1. The van der Waals surface area contributed by atoms with Crippen molar-refractivity contribution >= 4 is 11.6 Å². The SMILES string of the molecule is CCN(CC)C(=O)c1cc(F)c(N)c(F)c1. The van der Waals surface area contributed by atoms with Crippen LogP contribution >= 0.6 is 0 Å². The van der Waals surface area contributed by atoms with E-state index in [0.717, 1.165) is 12.1 Å². The number of amides is 1. The largest absolute Gasteiger partial charge is 0.394 e. The molecule has 0 radical (unpaired) electrons. The van der Waals surface area contributed by atoms with Crippen molar-refractivity contribution < 1.29 is 13.6 Å². The molecule has 1 aromatic carbocycles. The zero-order valence-electron chi connectivity index (χ0n) is 9.26. The number of halogens is 2. The Morgan fingerprint density at radius 1 is 1.25 bits per heavy atom. The number of nitrogens with two attached hydrogens (primary N) is 1. The standard InChI is InChI=1S/C11H14F2N2O/c1-3-15(4-2)11(16)7-5-8(12)10(14)9(13)6-7/h5-6H,3-4,14H2,1-2H3. The normalized spacial score (nSPS) is 10.2. The van der Waals surface area contributed by atoms with E-state index in [-0.39, 0.29) is 5.56 Å². The molecular formula is C11H14F2N2O. The average Bonchev–Trinajstić information content (AvgIpc) is 2.26. The summed E-state index contributed by atoms with van der Waals surface area (Å²) in [5, 5.41) is 0. The first kappa shape index (κ1) is 12.4. The predicted octanol–water partition coefficient (Wildman–Crippen LogP) is 2.03. The van der Waals surface area contributed by atoms with E-state index in [9.17, 15) is 13.6 Å². The van der Waals surface area contributed by atoms with Crippen molar-refractivity contribution in [1.29, 1.82) is 0 Å². The van der Waals surface area contributed by atoms with Gasteiger partial charge in [0.25, 0.3) is 5.91 Å². The molecule has 0 bridgehead atoms. The minimum Gasteiger partial charge on any atom is -0.394 e. The first-order chi connectivity index (χ1) is 7.51. The van der Waals surface area contributed by atoms with Crippen LogP contribution in [0, 0.1) is 11.6 Å². The van der Waals surface area contributed by atoms with E-state index < -0.39 is 23.2 Å². The minimum atomic E-state index is -0.907. The quantitative estimate of drug-likeness (QED) is 0.804. The predicted molar refractivity (Wildman–Crippen MR) is 58.0 cm³/mol. The van der Waals surface area contributed by atoms with Gasteiger partial charge in [0.1, 0.15) is 17.3 Å². The van der Waals surface area contributed by atoms with Gasteiger partial charge in [0.05, 0.1) is 0 Å². The number of rotatable bonds is 3. The third-order valence-electron chi connectivity index (χ3n) is 2.38. The van der Waals surface area contributed by atoms with Crippen LogP contribution in [0.2, 0.25) is 0 Å². The second-order valence-electron chi connectivity index (χ2n) is 3.33. The molecule has 0 aliphatic rings. The molecule has 0 aliphatic carbocycles. The van der Waals surface area contributed by atoms with Crippen LogP contribution in [0.4, 0.5) is 14.5 Å². The van der Waals surface area contributed by atoms with Gasteiger partial charge in [0.2, 0.25) is 0 Å². The lowest BCUT2D eigenvalue weighted by Crippen LogP contribution is -2.30. The Morgan fingerprint density at radius 2 is 1.69 bits per heavy atom. The summed E-state index contributed by atoms with van der Waals surface area (Å²) in [6, 6.07) is 1.91. The van der Waals surface area contributed by atoms with Crippen LogP contribution in [0.5, 0.6) is 0 Å². The molecule has 0 spiro atoms. The summed E-state index contributed by atoms with van der Waals surface area (Å²) in [6.45, 7) is 4.57. The lowest BCUT2D eigenvalue weighted by molar-refractivity contribution is 0.0772. The Labute approximate surface area is 92.8 Å². The minimum absolute atomic E-state index is 0.0205. The van der Waals surface area contributed by atoms with Crippen molar-refractivity contribution in [3.05, 3.63) is 29.3 Å². The Morgan fingerprint density at radius 3 is 2.06 bits per heavy atom. The van der Waals surface area contributed by atoms with Crippen LogP contribution in [0.25, 0.3) is 0 Å². The summed E-state index contributed by atoms with van der Waals surface area (Å²) in [5.74, 6) is -2.21. The number of anilines is 1. The molecule has 0 aliphatic heterocycles. The summed E-state index contributed by atoms with van der Waals surface area (Å²) in [5.41, 5.74) is 4.54. The molecule has 3 nitrogen and oxygen atoms in total. The Hall–Kier alpha value is -1.65. The number of nitrogens with zero attached hydrogens (tertiary/aromatic N) is 1. The van der Waals surface area contributed by atoms with Crippen LogP contribution in [0.1, 0.15) is 24.2 Å². The maximum atomic E-state index is 13.1. The zero-order chi connectivity index (χ0) is 12.3. The number of hydrogen-bond acceptors (Lipinski definition) is 2. The van der Waals surface area contributed by atoms with Gasteiger partial charge >= 0.3 is 0 Å². The summed E-state index contributed by atoms with van der Waals surface area (Å²) in [4.78, 5) is 13.3. The average molecular weight is 228 g/mol. The molecule has 5 heteroatoms. The van der Waals surface area contributed by atoms with E-state index in [1.165, 1.54) is 4.90 Å². The summed E-state index contributed by atoms with van der Waals surface area (Å²) >= 11 is 0. The lowest BCUT2D eigenvalue weighted by atomic mass is 10.1. The highest BCUT2D eigenvalue weighted by molar-refractivity contribution is 5.94. The van der Waals surface area contributed by atoms with Gasteiger partial charge in [-0.15, -0.1) is 0 Å². The lowest BCUT2D eigenvalue weighted by Gasteiger charge is -2.18. The van der Waals surface area contributed by atoms with Gasteiger partial charge in [-0.25, -0.2) is 8.78 Å². The summed E-state index contributed by atoms with van der Waals surface area (Å²) < 4.78 is 26.3. The van der Waals surface area contributed by atoms with Crippen molar-refractivity contribution in [3.8, 4) is 0 Å². The number of benzene rings is 1. The van der Waals surface area contributed by atoms with Crippen molar-refractivity contribution in [2.45, 2.75) is 13.8 Å². The Kier molecular flexibility index (Phi) is 3.82. The highest BCUT2D eigenvalue weighted by Crippen LogP contribution is 2.18. The topological polar surface area (TPSA) is 46.3 Å². The van der Waals surface area contributed by atoms with Gasteiger partial charge in [-0.2, -0.15) is 0 Å². The van der Waals surface area contributed by atoms with Gasteiger partial charge in [-0.05, 0) is 26.0 Å². The van der Waals surface area contributed by atoms with E-state index in [0.29, 0.717) is 13.1 Å². The molecule has 1 rings (SSSR count). The van der Waals surface area contributed by atoms with Crippen molar-refractivity contribution in [3.63, 3.8) is 0 Å². The second-order valence-corrected chi connectivity index (χ2v) is 3.33. The summed E-state index contributed by atoms with van der Waals surface area (Å²) in [6.07, 6.45) is 0. The van der Waals surface area contributed by atoms with Crippen LogP contribution in [0.3, 0.4) is 0 Å². The van der Waals surface area contributed by atoms with E-state index in [4.69, 9.17) is 5.73 Å². The van der Waals surface area contributed by atoms with E-state index in [1.54, 1.807) is 13.8 Å². The fraction of sp³-hybridized carbons (Fsp3) is 0.364. The van der Waals surface area contributed by atoms with Crippen LogP contribution < -0.4 is 5.73 Å². The fourth-order valence-corrected chi connectivity index (χ4v) is 1.40. The van der Waals surface area contributed by atoms with Gasteiger partial charge in [-0.1, -0.05) is 0 Å². The van der Waals surface area contributed by atoms with Gasteiger partial charge in [-0.3, -0.25) is 4.79 Å².